The molecule has 0 bridgehead atoms. The maximum absolute atomic E-state index is 13.4. The zero-order valence-corrected chi connectivity index (χ0v) is 14.7. The second kappa shape index (κ2) is 7.70. The second-order valence-electron chi connectivity index (χ2n) is 6.21. The minimum atomic E-state index is -3.50. The highest BCUT2D eigenvalue weighted by Crippen LogP contribution is 2.25. The van der Waals surface area contributed by atoms with Crippen molar-refractivity contribution in [3.8, 4) is 0 Å². The number of ether oxygens (including phenoxy) is 1. The second-order valence-corrected chi connectivity index (χ2v) is 8.37. The highest BCUT2D eigenvalue weighted by molar-refractivity contribution is 7.89. The van der Waals surface area contributed by atoms with Crippen LogP contribution in [0.15, 0.2) is 24.3 Å². The Kier molecular flexibility index (Phi) is 6.13. The first-order valence-electron chi connectivity index (χ1n) is 7.80. The summed E-state index contributed by atoms with van der Waals surface area (Å²) in [4.78, 5) is 1.93. The molecule has 1 aromatic rings. The third-order valence-electron chi connectivity index (χ3n) is 4.09. The minimum absolute atomic E-state index is 0.178. The largest absolute Gasteiger partial charge is 0.377 e. The van der Waals surface area contributed by atoms with E-state index < -0.39 is 15.3 Å². The first-order valence-corrected chi connectivity index (χ1v) is 9.31. The Morgan fingerprint density at radius 3 is 2.61 bits per heavy atom. The fourth-order valence-corrected chi connectivity index (χ4v) is 4.75. The predicted molar refractivity (Wildman–Crippen MR) is 88.1 cm³/mol. The Morgan fingerprint density at radius 2 is 2.04 bits per heavy atom. The molecule has 1 aliphatic heterocycles. The van der Waals surface area contributed by atoms with Gasteiger partial charge in [-0.15, -0.1) is 0 Å². The number of sulfonamides is 1. The van der Waals surface area contributed by atoms with E-state index in [0.29, 0.717) is 31.7 Å². The van der Waals surface area contributed by atoms with Gasteiger partial charge in [-0.25, -0.2) is 12.8 Å². The molecule has 0 aliphatic carbocycles. The molecule has 130 valence electrons. The fourth-order valence-electron chi connectivity index (χ4n) is 2.74. The van der Waals surface area contributed by atoms with Gasteiger partial charge in [0, 0.05) is 26.2 Å². The van der Waals surface area contributed by atoms with E-state index in [2.05, 4.69) is 0 Å². The Labute approximate surface area is 138 Å². The molecule has 1 aromatic carbocycles. The van der Waals surface area contributed by atoms with Crippen LogP contribution >= 0.6 is 0 Å². The molecule has 0 N–H and O–H groups in total. The Bertz CT molecular complexity index is 622. The molecule has 5 nitrogen and oxygen atoms in total. The number of nitrogens with zero attached hydrogens (tertiary/aromatic N) is 2. The van der Waals surface area contributed by atoms with Crippen LogP contribution in [0, 0.1) is 5.82 Å². The monoisotopic (exact) mass is 344 g/mol. The summed E-state index contributed by atoms with van der Waals surface area (Å²) in [5.41, 5.74) is 0.652. The van der Waals surface area contributed by atoms with Gasteiger partial charge in [0.25, 0.3) is 0 Å². The lowest BCUT2D eigenvalue weighted by molar-refractivity contribution is 0.125. The summed E-state index contributed by atoms with van der Waals surface area (Å²) in [5.74, 6) is -0.356. The SMILES string of the molecule is CC1OCCC1S(=O)(=O)N(CCN(C)C)Cc1cccc(F)c1. The first-order chi connectivity index (χ1) is 10.8. The third kappa shape index (κ3) is 4.73. The van der Waals surface area contributed by atoms with Crippen LogP contribution in [0.4, 0.5) is 4.39 Å². The molecule has 2 atom stereocenters. The number of hydrogen-bond donors (Lipinski definition) is 0. The van der Waals surface area contributed by atoms with E-state index in [0.717, 1.165) is 0 Å². The summed E-state index contributed by atoms with van der Waals surface area (Å²) < 4.78 is 46.2. The Morgan fingerprint density at radius 1 is 1.30 bits per heavy atom. The van der Waals surface area contributed by atoms with E-state index in [1.54, 1.807) is 19.1 Å². The van der Waals surface area contributed by atoms with Crippen LogP contribution in [0.5, 0.6) is 0 Å². The summed E-state index contributed by atoms with van der Waals surface area (Å²) in [6.45, 7) is 3.41. The summed E-state index contributed by atoms with van der Waals surface area (Å²) in [5, 5.41) is -0.529. The quantitative estimate of drug-likeness (QED) is 0.755. The van der Waals surface area contributed by atoms with E-state index in [-0.39, 0.29) is 18.5 Å². The summed E-state index contributed by atoms with van der Waals surface area (Å²) >= 11 is 0. The lowest BCUT2D eigenvalue weighted by atomic mass is 10.2. The molecule has 23 heavy (non-hydrogen) atoms. The van der Waals surface area contributed by atoms with Crippen molar-refractivity contribution in [2.24, 2.45) is 0 Å². The average molecular weight is 344 g/mol. The lowest BCUT2D eigenvalue weighted by Gasteiger charge is -2.28. The molecule has 0 saturated carbocycles. The van der Waals surface area contributed by atoms with Crippen LogP contribution in [0.1, 0.15) is 18.9 Å². The molecular weight excluding hydrogens is 319 g/mol. The van der Waals surface area contributed by atoms with Crippen molar-refractivity contribution in [3.63, 3.8) is 0 Å². The van der Waals surface area contributed by atoms with Crippen molar-refractivity contribution < 1.29 is 17.5 Å². The molecule has 2 rings (SSSR count). The van der Waals surface area contributed by atoms with E-state index in [4.69, 9.17) is 4.74 Å². The molecule has 1 fully saturated rings. The Balaban J connectivity index is 2.22. The van der Waals surface area contributed by atoms with E-state index in [1.807, 2.05) is 19.0 Å². The highest BCUT2D eigenvalue weighted by atomic mass is 32.2. The van der Waals surface area contributed by atoms with Gasteiger partial charge >= 0.3 is 0 Å². The predicted octanol–water partition coefficient (Wildman–Crippen LogP) is 1.70. The number of benzene rings is 1. The average Bonchev–Trinajstić information content (AvgIpc) is 2.90. The van der Waals surface area contributed by atoms with Crippen LogP contribution in [-0.4, -0.2) is 62.8 Å². The van der Waals surface area contributed by atoms with Gasteiger partial charge < -0.3 is 9.64 Å². The molecule has 0 radical (unpaired) electrons. The number of hydrogen-bond acceptors (Lipinski definition) is 4. The zero-order valence-electron chi connectivity index (χ0n) is 13.9. The van der Waals surface area contributed by atoms with Gasteiger partial charge in [-0.05, 0) is 45.1 Å². The molecule has 1 heterocycles. The third-order valence-corrected chi connectivity index (χ3v) is 6.51. The molecule has 7 heteroatoms. The number of rotatable bonds is 7. The van der Waals surface area contributed by atoms with Crippen LogP contribution in [0.2, 0.25) is 0 Å². The van der Waals surface area contributed by atoms with Crippen molar-refractivity contribution in [1.29, 1.82) is 0 Å². The van der Waals surface area contributed by atoms with E-state index in [1.165, 1.54) is 16.4 Å². The summed E-state index contributed by atoms with van der Waals surface area (Å²) in [7, 11) is 0.297. The normalized spacial score (nSPS) is 22.2. The summed E-state index contributed by atoms with van der Waals surface area (Å²) in [6, 6.07) is 6.08. The maximum atomic E-state index is 13.4. The van der Waals surface area contributed by atoms with Crippen LogP contribution < -0.4 is 0 Å². The fraction of sp³-hybridized carbons (Fsp3) is 0.625. The topological polar surface area (TPSA) is 49.9 Å². The highest BCUT2D eigenvalue weighted by Gasteiger charge is 2.39. The summed E-state index contributed by atoms with van der Waals surface area (Å²) in [6.07, 6.45) is 0.194. The van der Waals surface area contributed by atoms with Gasteiger partial charge in [0.1, 0.15) is 11.1 Å². The molecule has 1 saturated heterocycles. The first kappa shape index (κ1) is 18.3. The molecule has 1 aliphatic rings. The zero-order chi connectivity index (χ0) is 17.0. The van der Waals surface area contributed by atoms with Gasteiger partial charge in [-0.2, -0.15) is 4.31 Å². The van der Waals surface area contributed by atoms with E-state index >= 15 is 0 Å². The van der Waals surface area contributed by atoms with Crippen LogP contribution in [0.3, 0.4) is 0 Å². The molecule has 2 unspecified atom stereocenters. The van der Waals surface area contributed by atoms with Gasteiger partial charge in [0.05, 0.1) is 6.10 Å². The van der Waals surface area contributed by atoms with E-state index in [9.17, 15) is 12.8 Å². The van der Waals surface area contributed by atoms with Gasteiger partial charge in [0.15, 0.2) is 0 Å². The molecule has 0 amide bonds. The molecule has 0 aromatic heterocycles. The molecule has 0 spiro atoms. The number of likely N-dealkylation sites (N-methyl/N-ethyl adjacent to an activating group) is 1. The van der Waals surface area contributed by atoms with Crippen molar-refractivity contribution in [1.82, 2.24) is 9.21 Å². The van der Waals surface area contributed by atoms with Gasteiger partial charge in [-0.1, -0.05) is 12.1 Å². The maximum Gasteiger partial charge on any atom is 0.219 e. The van der Waals surface area contributed by atoms with Gasteiger partial charge in [-0.3, -0.25) is 0 Å². The van der Waals surface area contributed by atoms with Crippen molar-refractivity contribution in [2.75, 3.05) is 33.8 Å². The van der Waals surface area contributed by atoms with Crippen molar-refractivity contribution >= 4 is 10.0 Å². The van der Waals surface area contributed by atoms with Crippen molar-refractivity contribution in [3.05, 3.63) is 35.6 Å². The number of halogens is 1. The smallest absolute Gasteiger partial charge is 0.219 e. The standard InChI is InChI=1S/C16H25FN2O3S/c1-13-16(7-10-22-13)23(20,21)19(9-8-18(2)3)12-14-5-4-6-15(17)11-14/h4-6,11,13,16H,7-10,12H2,1-3H3. The van der Waals surface area contributed by atoms with Crippen LogP contribution in [-0.2, 0) is 21.3 Å². The Hall–Kier alpha value is -1.02. The van der Waals surface area contributed by atoms with Gasteiger partial charge in [0.2, 0.25) is 10.0 Å². The molecular formula is C16H25FN2O3S. The van der Waals surface area contributed by atoms with Crippen LogP contribution in [0.25, 0.3) is 0 Å². The lowest BCUT2D eigenvalue weighted by Crippen LogP contribution is -2.43. The van der Waals surface area contributed by atoms with Crippen molar-refractivity contribution in [2.45, 2.75) is 31.2 Å². The minimum Gasteiger partial charge on any atom is -0.377 e.